The monoisotopic (exact) mass is 295 g/mol. The van der Waals surface area contributed by atoms with Crippen molar-refractivity contribution in [3.05, 3.63) is 16.1 Å². The molecule has 4 nitrogen and oxygen atoms in total. The number of nitrogens with two attached hydrogens (primary N) is 1. The molecular formula is C15H25N3OS. The lowest BCUT2D eigenvalue weighted by Crippen LogP contribution is -2.27. The molecule has 1 amide bonds. The van der Waals surface area contributed by atoms with Gasteiger partial charge in [0.15, 0.2) is 0 Å². The molecule has 0 aliphatic heterocycles. The number of hydrogen-bond donors (Lipinski definition) is 2. The second-order valence-corrected chi connectivity index (χ2v) is 6.78. The van der Waals surface area contributed by atoms with Crippen molar-refractivity contribution in [3.63, 3.8) is 0 Å². The van der Waals surface area contributed by atoms with E-state index in [1.807, 2.05) is 5.38 Å². The van der Waals surface area contributed by atoms with E-state index in [0.29, 0.717) is 12.2 Å². The maximum absolute atomic E-state index is 12.0. The van der Waals surface area contributed by atoms with E-state index in [1.165, 1.54) is 37.0 Å². The largest absolute Gasteiger partial charge is 0.351 e. The zero-order valence-corrected chi connectivity index (χ0v) is 13.0. The van der Waals surface area contributed by atoms with Gasteiger partial charge in [0, 0.05) is 18.3 Å². The van der Waals surface area contributed by atoms with E-state index in [9.17, 15) is 4.79 Å². The van der Waals surface area contributed by atoms with Crippen molar-refractivity contribution in [1.82, 2.24) is 10.3 Å². The highest BCUT2D eigenvalue weighted by Crippen LogP contribution is 2.29. The molecule has 1 heterocycles. The number of rotatable bonds is 6. The van der Waals surface area contributed by atoms with E-state index in [1.54, 1.807) is 0 Å². The summed E-state index contributed by atoms with van der Waals surface area (Å²) in [5, 5.41) is 5.75. The first-order chi connectivity index (χ1) is 9.69. The average molecular weight is 295 g/mol. The Morgan fingerprint density at radius 2 is 2.20 bits per heavy atom. The minimum Gasteiger partial charge on any atom is -0.351 e. The Morgan fingerprint density at radius 3 is 2.90 bits per heavy atom. The number of nitrogens with zero attached hydrogens (tertiary/aromatic N) is 1. The van der Waals surface area contributed by atoms with Gasteiger partial charge in [-0.05, 0) is 24.8 Å². The Morgan fingerprint density at radius 1 is 1.45 bits per heavy atom. The van der Waals surface area contributed by atoms with Crippen LogP contribution in [0.25, 0.3) is 0 Å². The molecule has 0 unspecified atom stereocenters. The SMILES string of the molecule is CC1CCC(CCNC(=O)c2csc(CCN)n2)CC1. The first kappa shape index (κ1) is 15.4. The van der Waals surface area contributed by atoms with Crippen molar-refractivity contribution in [2.75, 3.05) is 13.1 Å². The molecule has 112 valence electrons. The van der Waals surface area contributed by atoms with Gasteiger partial charge in [-0.1, -0.05) is 32.6 Å². The Bertz CT molecular complexity index is 425. The molecule has 0 saturated heterocycles. The minimum atomic E-state index is -0.0475. The van der Waals surface area contributed by atoms with Crippen molar-refractivity contribution in [1.29, 1.82) is 0 Å². The van der Waals surface area contributed by atoms with Gasteiger partial charge in [-0.2, -0.15) is 0 Å². The fourth-order valence-electron chi connectivity index (χ4n) is 2.75. The molecule has 20 heavy (non-hydrogen) atoms. The van der Waals surface area contributed by atoms with Gasteiger partial charge in [-0.3, -0.25) is 4.79 Å². The lowest BCUT2D eigenvalue weighted by atomic mass is 9.81. The van der Waals surface area contributed by atoms with Gasteiger partial charge in [-0.25, -0.2) is 4.98 Å². The summed E-state index contributed by atoms with van der Waals surface area (Å²) in [6.07, 6.45) is 7.15. The van der Waals surface area contributed by atoms with Gasteiger partial charge in [-0.15, -0.1) is 11.3 Å². The Hall–Kier alpha value is -0.940. The molecule has 0 radical (unpaired) electrons. The summed E-state index contributed by atoms with van der Waals surface area (Å²) in [7, 11) is 0. The van der Waals surface area contributed by atoms with Crippen LogP contribution < -0.4 is 11.1 Å². The number of nitrogens with one attached hydrogen (secondary N) is 1. The van der Waals surface area contributed by atoms with Crippen LogP contribution in [0.15, 0.2) is 5.38 Å². The van der Waals surface area contributed by atoms with Crippen molar-refractivity contribution in [3.8, 4) is 0 Å². The van der Waals surface area contributed by atoms with Gasteiger partial charge in [0.05, 0.1) is 5.01 Å². The fourth-order valence-corrected chi connectivity index (χ4v) is 3.55. The molecule has 0 spiro atoms. The summed E-state index contributed by atoms with van der Waals surface area (Å²) in [4.78, 5) is 16.3. The van der Waals surface area contributed by atoms with E-state index in [4.69, 9.17) is 5.73 Å². The molecule has 3 N–H and O–H groups in total. The standard InChI is InChI=1S/C15H25N3OS/c1-11-2-4-12(5-3-11)7-9-17-15(19)13-10-20-14(18-13)6-8-16/h10-12H,2-9,16H2,1H3,(H,17,19). The van der Waals surface area contributed by atoms with Crippen molar-refractivity contribution in [2.24, 2.45) is 17.6 Å². The van der Waals surface area contributed by atoms with Crippen LogP contribution >= 0.6 is 11.3 Å². The van der Waals surface area contributed by atoms with Crippen LogP contribution in [0.5, 0.6) is 0 Å². The molecule has 0 atom stereocenters. The van der Waals surface area contributed by atoms with E-state index < -0.39 is 0 Å². The molecule has 1 aliphatic rings. The van der Waals surface area contributed by atoms with E-state index in [0.717, 1.165) is 36.2 Å². The van der Waals surface area contributed by atoms with Crippen LogP contribution in [0.1, 0.15) is 54.5 Å². The lowest BCUT2D eigenvalue weighted by Gasteiger charge is -2.26. The molecule has 5 heteroatoms. The molecule has 1 fully saturated rings. The van der Waals surface area contributed by atoms with Gasteiger partial charge in [0.25, 0.3) is 5.91 Å². The molecule has 0 aromatic carbocycles. The molecule has 1 saturated carbocycles. The van der Waals surface area contributed by atoms with Crippen molar-refractivity contribution < 1.29 is 4.79 Å². The quantitative estimate of drug-likeness (QED) is 0.847. The average Bonchev–Trinajstić information content (AvgIpc) is 2.90. The Kier molecular flexibility index (Phi) is 5.98. The predicted molar refractivity (Wildman–Crippen MR) is 82.9 cm³/mol. The molecular weight excluding hydrogens is 270 g/mol. The second kappa shape index (κ2) is 7.74. The van der Waals surface area contributed by atoms with Crippen molar-refractivity contribution in [2.45, 2.75) is 45.4 Å². The number of aromatic nitrogens is 1. The van der Waals surface area contributed by atoms with Crippen LogP contribution in [0.3, 0.4) is 0 Å². The molecule has 2 rings (SSSR count). The topological polar surface area (TPSA) is 68.0 Å². The maximum Gasteiger partial charge on any atom is 0.270 e. The highest BCUT2D eigenvalue weighted by atomic mass is 32.1. The third-order valence-electron chi connectivity index (χ3n) is 4.12. The number of thiazole rings is 1. The Labute approximate surface area is 125 Å². The normalized spacial score (nSPS) is 22.7. The number of hydrogen-bond acceptors (Lipinski definition) is 4. The fraction of sp³-hybridized carbons (Fsp3) is 0.733. The minimum absolute atomic E-state index is 0.0475. The first-order valence-corrected chi connectivity index (χ1v) is 8.49. The van der Waals surface area contributed by atoms with Gasteiger partial charge < -0.3 is 11.1 Å². The number of amides is 1. The van der Waals surface area contributed by atoms with E-state index >= 15 is 0 Å². The summed E-state index contributed by atoms with van der Waals surface area (Å²) in [6, 6.07) is 0. The molecule has 1 aromatic heterocycles. The highest BCUT2D eigenvalue weighted by Gasteiger charge is 2.18. The highest BCUT2D eigenvalue weighted by molar-refractivity contribution is 7.09. The summed E-state index contributed by atoms with van der Waals surface area (Å²) in [5.41, 5.74) is 6.02. The van der Waals surface area contributed by atoms with Crippen LogP contribution in [-0.2, 0) is 6.42 Å². The predicted octanol–water partition coefficient (Wildman–Crippen LogP) is 2.59. The first-order valence-electron chi connectivity index (χ1n) is 7.61. The van der Waals surface area contributed by atoms with Gasteiger partial charge in [0.1, 0.15) is 5.69 Å². The third-order valence-corrected chi connectivity index (χ3v) is 5.02. The summed E-state index contributed by atoms with van der Waals surface area (Å²) < 4.78 is 0. The van der Waals surface area contributed by atoms with Crippen LogP contribution in [0.2, 0.25) is 0 Å². The number of carbonyl (C=O) groups is 1. The summed E-state index contributed by atoms with van der Waals surface area (Å²) in [5.74, 6) is 1.63. The number of carbonyl (C=O) groups excluding carboxylic acids is 1. The zero-order chi connectivity index (χ0) is 14.4. The Balaban J connectivity index is 1.69. The maximum atomic E-state index is 12.0. The lowest BCUT2D eigenvalue weighted by molar-refractivity contribution is 0.0945. The molecule has 1 aromatic rings. The van der Waals surface area contributed by atoms with E-state index in [-0.39, 0.29) is 5.91 Å². The molecule has 1 aliphatic carbocycles. The van der Waals surface area contributed by atoms with Crippen LogP contribution in [-0.4, -0.2) is 24.0 Å². The third kappa shape index (κ3) is 4.56. The van der Waals surface area contributed by atoms with E-state index in [2.05, 4.69) is 17.2 Å². The van der Waals surface area contributed by atoms with Crippen LogP contribution in [0.4, 0.5) is 0 Å². The second-order valence-electron chi connectivity index (χ2n) is 5.84. The van der Waals surface area contributed by atoms with Crippen LogP contribution in [0, 0.1) is 11.8 Å². The van der Waals surface area contributed by atoms with Gasteiger partial charge >= 0.3 is 0 Å². The summed E-state index contributed by atoms with van der Waals surface area (Å²) >= 11 is 1.51. The van der Waals surface area contributed by atoms with Gasteiger partial charge in [0.2, 0.25) is 0 Å². The van der Waals surface area contributed by atoms with Crippen molar-refractivity contribution >= 4 is 17.2 Å². The summed E-state index contributed by atoms with van der Waals surface area (Å²) in [6.45, 7) is 3.68. The smallest absolute Gasteiger partial charge is 0.270 e. The zero-order valence-electron chi connectivity index (χ0n) is 12.2. The molecule has 0 bridgehead atoms.